The van der Waals surface area contributed by atoms with Crippen molar-refractivity contribution < 1.29 is 14.3 Å². The minimum atomic E-state index is -0.487. The molecule has 0 aromatic carbocycles. The normalized spacial score (nSPS) is 26.1. The fourth-order valence-corrected chi connectivity index (χ4v) is 2.54. The van der Waals surface area contributed by atoms with Crippen molar-refractivity contribution in [2.24, 2.45) is 17.1 Å². The van der Waals surface area contributed by atoms with Crippen LogP contribution in [0, 0.1) is 11.3 Å². The molecule has 2 amide bonds. The molecule has 0 heterocycles. The number of ether oxygens (including phenoxy) is 1. The van der Waals surface area contributed by atoms with Crippen LogP contribution in [-0.4, -0.2) is 45.2 Å². The number of carbonyl (C=O) groups excluding carboxylic acids is 2. The fraction of sp³-hybridized carbons (Fsp3) is 0.857. The summed E-state index contributed by atoms with van der Waals surface area (Å²) in [5.41, 5.74) is 5.32. The molecule has 1 aliphatic rings. The molecule has 0 atom stereocenters. The van der Waals surface area contributed by atoms with Crippen LogP contribution in [-0.2, 0) is 14.3 Å². The SMILES string of the molecule is COCCNC(=O)CNC(=O)C1(CN)CCC(C)CC1. The summed E-state index contributed by atoms with van der Waals surface area (Å²) < 4.78 is 4.84. The van der Waals surface area contributed by atoms with E-state index in [-0.39, 0.29) is 18.4 Å². The third-order valence-electron chi connectivity index (χ3n) is 4.14. The van der Waals surface area contributed by atoms with Gasteiger partial charge < -0.3 is 21.1 Å². The van der Waals surface area contributed by atoms with Crippen LogP contribution in [0.5, 0.6) is 0 Å². The smallest absolute Gasteiger partial charge is 0.239 e. The van der Waals surface area contributed by atoms with E-state index >= 15 is 0 Å². The number of nitrogens with two attached hydrogens (primary N) is 1. The van der Waals surface area contributed by atoms with Crippen LogP contribution in [0.2, 0.25) is 0 Å². The average molecular weight is 285 g/mol. The molecule has 1 aliphatic carbocycles. The summed E-state index contributed by atoms with van der Waals surface area (Å²) >= 11 is 0. The van der Waals surface area contributed by atoms with Crippen LogP contribution in [0.25, 0.3) is 0 Å². The zero-order valence-corrected chi connectivity index (χ0v) is 12.5. The van der Waals surface area contributed by atoms with Gasteiger partial charge in [0.15, 0.2) is 0 Å². The molecule has 1 saturated carbocycles. The Morgan fingerprint density at radius 1 is 1.30 bits per heavy atom. The lowest BCUT2D eigenvalue weighted by atomic mass is 9.70. The third kappa shape index (κ3) is 4.76. The van der Waals surface area contributed by atoms with Crippen LogP contribution in [0.15, 0.2) is 0 Å². The van der Waals surface area contributed by atoms with Gasteiger partial charge in [-0.3, -0.25) is 9.59 Å². The van der Waals surface area contributed by atoms with E-state index in [1.165, 1.54) is 0 Å². The standard InChI is InChI=1S/C14H27N3O3/c1-11-3-5-14(10-15,6-4-11)13(19)17-9-12(18)16-7-8-20-2/h11H,3-10,15H2,1-2H3,(H,16,18)(H,17,19). The van der Waals surface area contributed by atoms with Gasteiger partial charge in [-0.1, -0.05) is 6.92 Å². The number of amides is 2. The van der Waals surface area contributed by atoms with Gasteiger partial charge in [-0.2, -0.15) is 0 Å². The highest BCUT2D eigenvalue weighted by molar-refractivity contribution is 5.88. The van der Waals surface area contributed by atoms with Gasteiger partial charge >= 0.3 is 0 Å². The van der Waals surface area contributed by atoms with E-state index in [2.05, 4.69) is 17.6 Å². The zero-order valence-electron chi connectivity index (χ0n) is 12.5. The molecule has 0 radical (unpaired) electrons. The monoisotopic (exact) mass is 285 g/mol. The van der Waals surface area contributed by atoms with Gasteiger partial charge in [0.25, 0.3) is 0 Å². The van der Waals surface area contributed by atoms with Gasteiger partial charge in [0.05, 0.1) is 18.6 Å². The summed E-state index contributed by atoms with van der Waals surface area (Å²) in [4.78, 5) is 23.8. The largest absolute Gasteiger partial charge is 0.383 e. The maximum atomic E-state index is 12.3. The van der Waals surface area contributed by atoms with Gasteiger partial charge in [-0.05, 0) is 31.6 Å². The van der Waals surface area contributed by atoms with Gasteiger partial charge in [-0.15, -0.1) is 0 Å². The Morgan fingerprint density at radius 3 is 2.50 bits per heavy atom. The van der Waals surface area contributed by atoms with Crippen molar-refractivity contribution in [3.05, 3.63) is 0 Å². The quantitative estimate of drug-likeness (QED) is 0.575. The number of hydrogen-bond donors (Lipinski definition) is 3. The van der Waals surface area contributed by atoms with E-state index in [0.29, 0.717) is 25.6 Å². The van der Waals surface area contributed by atoms with Crippen molar-refractivity contribution in [2.75, 3.05) is 33.4 Å². The van der Waals surface area contributed by atoms with Crippen molar-refractivity contribution in [3.63, 3.8) is 0 Å². The minimum absolute atomic E-state index is 0.000148. The molecule has 0 aliphatic heterocycles. The molecule has 0 spiro atoms. The maximum absolute atomic E-state index is 12.3. The van der Waals surface area contributed by atoms with E-state index in [4.69, 9.17) is 10.5 Å². The number of hydrogen-bond acceptors (Lipinski definition) is 4. The minimum Gasteiger partial charge on any atom is -0.383 e. The molecule has 1 fully saturated rings. The number of rotatable bonds is 7. The molecule has 4 N–H and O–H groups in total. The molecule has 0 bridgehead atoms. The Morgan fingerprint density at radius 2 is 1.95 bits per heavy atom. The summed E-state index contributed by atoms with van der Waals surface area (Å²) in [5.74, 6) is 0.361. The van der Waals surface area contributed by atoms with Crippen LogP contribution >= 0.6 is 0 Å². The average Bonchev–Trinajstić information content (AvgIpc) is 2.46. The second-order valence-electron chi connectivity index (χ2n) is 5.69. The predicted octanol–water partition coefficient (Wildman–Crippen LogP) is 0.0204. The first-order valence-corrected chi connectivity index (χ1v) is 7.28. The molecule has 6 nitrogen and oxygen atoms in total. The molecule has 0 saturated heterocycles. The van der Waals surface area contributed by atoms with Crippen molar-refractivity contribution in [1.82, 2.24) is 10.6 Å². The molecule has 0 aromatic heterocycles. The van der Waals surface area contributed by atoms with Crippen LogP contribution in [0.4, 0.5) is 0 Å². The lowest BCUT2D eigenvalue weighted by molar-refractivity contribution is -0.134. The lowest BCUT2D eigenvalue weighted by Crippen LogP contribution is -2.50. The van der Waals surface area contributed by atoms with Crippen LogP contribution in [0.1, 0.15) is 32.6 Å². The van der Waals surface area contributed by atoms with E-state index in [0.717, 1.165) is 25.7 Å². The third-order valence-corrected chi connectivity index (χ3v) is 4.14. The Balaban J connectivity index is 2.38. The highest BCUT2D eigenvalue weighted by Gasteiger charge is 2.39. The Hall–Kier alpha value is -1.14. The molecule has 20 heavy (non-hydrogen) atoms. The predicted molar refractivity (Wildman–Crippen MR) is 77.0 cm³/mol. The van der Waals surface area contributed by atoms with E-state index in [1.54, 1.807) is 7.11 Å². The highest BCUT2D eigenvalue weighted by Crippen LogP contribution is 2.38. The molecule has 0 aromatic rings. The lowest BCUT2D eigenvalue weighted by Gasteiger charge is -2.37. The summed E-state index contributed by atoms with van der Waals surface area (Å²) in [6.07, 6.45) is 3.65. The van der Waals surface area contributed by atoms with Crippen molar-refractivity contribution in [3.8, 4) is 0 Å². The summed E-state index contributed by atoms with van der Waals surface area (Å²) in [6, 6.07) is 0. The fourth-order valence-electron chi connectivity index (χ4n) is 2.54. The van der Waals surface area contributed by atoms with Crippen LogP contribution in [0.3, 0.4) is 0 Å². The van der Waals surface area contributed by atoms with Crippen molar-refractivity contribution in [2.45, 2.75) is 32.6 Å². The molecule has 0 unspecified atom stereocenters. The summed E-state index contributed by atoms with van der Waals surface area (Å²) in [5, 5.41) is 5.38. The Labute approximate surface area is 120 Å². The number of nitrogens with one attached hydrogen (secondary N) is 2. The summed E-state index contributed by atoms with van der Waals surface area (Å²) in [6.45, 7) is 3.45. The molecule has 116 valence electrons. The Bertz CT molecular complexity index is 326. The maximum Gasteiger partial charge on any atom is 0.239 e. The molecular weight excluding hydrogens is 258 g/mol. The van der Waals surface area contributed by atoms with Crippen molar-refractivity contribution in [1.29, 1.82) is 0 Å². The summed E-state index contributed by atoms with van der Waals surface area (Å²) in [7, 11) is 1.57. The topological polar surface area (TPSA) is 93.5 Å². The number of carbonyl (C=O) groups is 2. The second-order valence-corrected chi connectivity index (χ2v) is 5.69. The van der Waals surface area contributed by atoms with E-state index < -0.39 is 5.41 Å². The molecular formula is C14H27N3O3. The zero-order chi connectivity index (χ0) is 15.0. The first-order valence-electron chi connectivity index (χ1n) is 7.28. The first-order chi connectivity index (χ1) is 9.54. The highest BCUT2D eigenvalue weighted by atomic mass is 16.5. The molecule has 6 heteroatoms. The van der Waals surface area contributed by atoms with Crippen molar-refractivity contribution >= 4 is 11.8 Å². The second kappa shape index (κ2) is 8.21. The van der Waals surface area contributed by atoms with Crippen LogP contribution < -0.4 is 16.4 Å². The van der Waals surface area contributed by atoms with Gasteiger partial charge in [0.1, 0.15) is 0 Å². The van der Waals surface area contributed by atoms with Gasteiger partial charge in [-0.25, -0.2) is 0 Å². The van der Waals surface area contributed by atoms with Gasteiger partial charge in [0, 0.05) is 20.2 Å². The first kappa shape index (κ1) is 16.9. The number of methoxy groups -OCH3 is 1. The van der Waals surface area contributed by atoms with E-state index in [9.17, 15) is 9.59 Å². The molecule has 1 rings (SSSR count). The Kier molecular flexibility index (Phi) is 6.95. The van der Waals surface area contributed by atoms with E-state index in [1.807, 2.05) is 0 Å². The van der Waals surface area contributed by atoms with Gasteiger partial charge in [0.2, 0.25) is 11.8 Å².